The molecule has 2 rings (SSSR count). The minimum absolute atomic E-state index is 0.166. The number of aryl methyl sites for hydroxylation is 2. The first-order chi connectivity index (χ1) is 11.4. The maximum Gasteiger partial charge on any atom is 0.319 e. The Morgan fingerprint density at radius 1 is 1.00 bits per heavy atom. The van der Waals surface area contributed by atoms with Gasteiger partial charge in [-0.3, -0.25) is 0 Å². The van der Waals surface area contributed by atoms with Gasteiger partial charge in [-0.15, -0.1) is 0 Å². The third-order valence-corrected chi connectivity index (χ3v) is 4.17. The van der Waals surface area contributed by atoms with E-state index in [0.29, 0.717) is 5.92 Å². The minimum Gasteiger partial charge on any atom is -0.387 e. The summed E-state index contributed by atoms with van der Waals surface area (Å²) in [6.45, 7) is 8.28. The Kier molecular flexibility index (Phi) is 5.99. The molecular formula is C20H26N2O2. The van der Waals surface area contributed by atoms with E-state index in [2.05, 4.69) is 24.5 Å². The van der Waals surface area contributed by atoms with Crippen molar-refractivity contribution >= 4 is 11.7 Å². The molecule has 1 unspecified atom stereocenters. The van der Waals surface area contributed by atoms with E-state index in [1.807, 2.05) is 56.3 Å². The molecule has 1 atom stereocenters. The van der Waals surface area contributed by atoms with Crippen LogP contribution in [0.5, 0.6) is 0 Å². The lowest BCUT2D eigenvalue weighted by Crippen LogP contribution is -2.33. The van der Waals surface area contributed by atoms with Crippen LogP contribution < -0.4 is 10.6 Å². The molecule has 0 aliphatic carbocycles. The number of benzene rings is 2. The molecule has 0 aliphatic rings. The predicted molar refractivity (Wildman–Crippen MR) is 98.4 cm³/mol. The number of amides is 2. The van der Waals surface area contributed by atoms with Gasteiger partial charge in [0.2, 0.25) is 0 Å². The van der Waals surface area contributed by atoms with E-state index in [9.17, 15) is 9.90 Å². The summed E-state index contributed by atoms with van der Waals surface area (Å²) in [6, 6.07) is 13.3. The minimum atomic E-state index is -0.724. The lowest BCUT2D eigenvalue weighted by Gasteiger charge is -2.18. The molecule has 4 nitrogen and oxygen atoms in total. The van der Waals surface area contributed by atoms with Crippen LogP contribution >= 0.6 is 0 Å². The van der Waals surface area contributed by atoms with Crippen LogP contribution in [0.2, 0.25) is 0 Å². The highest BCUT2D eigenvalue weighted by Gasteiger charge is 2.14. The third kappa shape index (κ3) is 4.36. The normalized spacial score (nSPS) is 12.1. The summed E-state index contributed by atoms with van der Waals surface area (Å²) in [5.74, 6) is 0.317. The number of aliphatic hydroxyl groups excluding tert-OH is 1. The number of rotatable bonds is 5. The Morgan fingerprint density at radius 3 is 2.29 bits per heavy atom. The van der Waals surface area contributed by atoms with Crippen molar-refractivity contribution in [3.05, 3.63) is 64.7 Å². The molecule has 4 heteroatoms. The van der Waals surface area contributed by atoms with Crippen molar-refractivity contribution in [3.8, 4) is 0 Å². The van der Waals surface area contributed by atoms with E-state index in [4.69, 9.17) is 0 Å². The molecule has 0 bridgehead atoms. The molecule has 0 fully saturated rings. The SMILES string of the molecule is Cc1ccccc1C(O)CNC(=O)Nc1c(C)cccc1C(C)C. The van der Waals surface area contributed by atoms with E-state index in [0.717, 1.165) is 27.9 Å². The third-order valence-electron chi connectivity index (χ3n) is 4.17. The van der Waals surface area contributed by atoms with Crippen molar-refractivity contribution in [2.24, 2.45) is 0 Å². The van der Waals surface area contributed by atoms with Gasteiger partial charge in [-0.2, -0.15) is 0 Å². The average Bonchev–Trinajstić information content (AvgIpc) is 2.54. The van der Waals surface area contributed by atoms with Crippen molar-refractivity contribution < 1.29 is 9.90 Å². The molecule has 2 amide bonds. The molecule has 0 spiro atoms. The van der Waals surface area contributed by atoms with Crippen molar-refractivity contribution in [2.75, 3.05) is 11.9 Å². The zero-order valence-electron chi connectivity index (χ0n) is 14.8. The number of anilines is 1. The monoisotopic (exact) mass is 326 g/mol. The van der Waals surface area contributed by atoms with Crippen molar-refractivity contribution in [1.82, 2.24) is 5.32 Å². The number of hydrogen-bond acceptors (Lipinski definition) is 2. The molecule has 0 aromatic heterocycles. The lowest BCUT2D eigenvalue weighted by molar-refractivity contribution is 0.174. The fourth-order valence-corrected chi connectivity index (χ4v) is 2.76. The molecular weight excluding hydrogens is 300 g/mol. The van der Waals surface area contributed by atoms with Gasteiger partial charge < -0.3 is 15.7 Å². The molecule has 2 aromatic carbocycles. The van der Waals surface area contributed by atoms with Crippen LogP contribution in [0.15, 0.2) is 42.5 Å². The molecule has 0 aliphatic heterocycles. The highest BCUT2D eigenvalue weighted by Crippen LogP contribution is 2.27. The molecule has 0 radical (unpaired) electrons. The molecule has 0 heterocycles. The zero-order chi connectivity index (χ0) is 17.7. The Morgan fingerprint density at radius 2 is 1.62 bits per heavy atom. The Hall–Kier alpha value is -2.33. The van der Waals surface area contributed by atoms with Crippen LogP contribution in [0.4, 0.5) is 10.5 Å². The number of nitrogens with one attached hydrogen (secondary N) is 2. The fourth-order valence-electron chi connectivity index (χ4n) is 2.76. The highest BCUT2D eigenvalue weighted by atomic mass is 16.3. The van der Waals surface area contributed by atoms with Crippen molar-refractivity contribution in [3.63, 3.8) is 0 Å². The van der Waals surface area contributed by atoms with E-state index in [1.54, 1.807) is 0 Å². The largest absolute Gasteiger partial charge is 0.387 e. The Labute approximate surface area is 143 Å². The molecule has 128 valence electrons. The maximum atomic E-state index is 12.2. The van der Waals surface area contributed by atoms with Gasteiger partial charge in [-0.05, 0) is 42.0 Å². The smallest absolute Gasteiger partial charge is 0.319 e. The summed E-state index contributed by atoms with van der Waals surface area (Å²) < 4.78 is 0. The standard InChI is InChI=1S/C20H26N2O2/c1-13(2)16-11-7-9-15(4)19(16)22-20(24)21-12-18(23)17-10-6-5-8-14(17)3/h5-11,13,18,23H,12H2,1-4H3,(H2,21,22,24). The number of para-hydroxylation sites is 1. The number of hydrogen-bond donors (Lipinski definition) is 3. The summed E-state index contributed by atoms with van der Waals surface area (Å²) in [5.41, 5.74) is 4.81. The molecule has 0 saturated heterocycles. The summed E-state index contributed by atoms with van der Waals surface area (Å²) in [6.07, 6.45) is -0.724. The van der Waals surface area contributed by atoms with Gasteiger partial charge in [0, 0.05) is 12.2 Å². The van der Waals surface area contributed by atoms with Gasteiger partial charge in [0.25, 0.3) is 0 Å². The van der Waals surface area contributed by atoms with Crippen molar-refractivity contribution in [2.45, 2.75) is 39.7 Å². The quantitative estimate of drug-likeness (QED) is 0.768. The lowest BCUT2D eigenvalue weighted by atomic mass is 9.98. The van der Waals surface area contributed by atoms with E-state index in [-0.39, 0.29) is 12.6 Å². The van der Waals surface area contributed by atoms with Crippen LogP contribution in [-0.4, -0.2) is 17.7 Å². The van der Waals surface area contributed by atoms with Crippen LogP contribution in [0.25, 0.3) is 0 Å². The van der Waals surface area contributed by atoms with Gasteiger partial charge in [0.1, 0.15) is 0 Å². The second kappa shape index (κ2) is 7.97. The molecule has 0 saturated carbocycles. The summed E-state index contributed by atoms with van der Waals surface area (Å²) in [5, 5.41) is 15.9. The Balaban J connectivity index is 2.01. The van der Waals surface area contributed by atoms with Gasteiger partial charge in [0.15, 0.2) is 0 Å². The average molecular weight is 326 g/mol. The van der Waals surface area contributed by atoms with Crippen LogP contribution in [0.3, 0.4) is 0 Å². The van der Waals surface area contributed by atoms with Crippen molar-refractivity contribution in [1.29, 1.82) is 0 Å². The van der Waals surface area contributed by atoms with E-state index >= 15 is 0 Å². The molecule has 24 heavy (non-hydrogen) atoms. The number of urea groups is 1. The second-order valence-corrected chi connectivity index (χ2v) is 6.40. The van der Waals surface area contributed by atoms with Crippen LogP contribution in [0, 0.1) is 13.8 Å². The summed E-state index contributed by atoms with van der Waals surface area (Å²) in [4.78, 5) is 12.2. The molecule has 2 aromatic rings. The number of carbonyl (C=O) groups excluding carboxylic acids is 1. The second-order valence-electron chi connectivity index (χ2n) is 6.40. The zero-order valence-corrected chi connectivity index (χ0v) is 14.8. The number of carbonyl (C=O) groups is 1. The van der Waals surface area contributed by atoms with Gasteiger partial charge in [-0.1, -0.05) is 56.3 Å². The fraction of sp³-hybridized carbons (Fsp3) is 0.350. The first kappa shape index (κ1) is 18.0. The number of aliphatic hydroxyl groups is 1. The maximum absolute atomic E-state index is 12.2. The first-order valence-corrected chi connectivity index (χ1v) is 8.28. The molecule has 3 N–H and O–H groups in total. The Bertz CT molecular complexity index is 711. The topological polar surface area (TPSA) is 61.4 Å². The van der Waals surface area contributed by atoms with E-state index < -0.39 is 6.10 Å². The van der Waals surface area contributed by atoms with Crippen LogP contribution in [-0.2, 0) is 0 Å². The summed E-state index contributed by atoms with van der Waals surface area (Å²) >= 11 is 0. The highest BCUT2D eigenvalue weighted by molar-refractivity contribution is 5.91. The van der Waals surface area contributed by atoms with Gasteiger partial charge in [0.05, 0.1) is 6.10 Å². The van der Waals surface area contributed by atoms with Gasteiger partial charge in [-0.25, -0.2) is 4.79 Å². The predicted octanol–water partition coefficient (Wildman–Crippen LogP) is 4.28. The van der Waals surface area contributed by atoms with Crippen LogP contribution in [0.1, 0.15) is 48.1 Å². The summed E-state index contributed by atoms with van der Waals surface area (Å²) in [7, 11) is 0. The van der Waals surface area contributed by atoms with Gasteiger partial charge >= 0.3 is 6.03 Å². The first-order valence-electron chi connectivity index (χ1n) is 8.28. The van der Waals surface area contributed by atoms with E-state index in [1.165, 1.54) is 0 Å².